The lowest BCUT2D eigenvalue weighted by atomic mass is 10.0. The molecule has 5 heterocycles. The van der Waals surface area contributed by atoms with Crippen LogP contribution in [0.25, 0.3) is 21.1 Å². The van der Waals surface area contributed by atoms with Gasteiger partial charge in [0.15, 0.2) is 0 Å². The van der Waals surface area contributed by atoms with Crippen molar-refractivity contribution >= 4 is 44.2 Å². The fourth-order valence-electron chi connectivity index (χ4n) is 6.42. The van der Waals surface area contributed by atoms with E-state index in [1.54, 1.807) is 12.3 Å². The number of benzene rings is 1. The summed E-state index contributed by atoms with van der Waals surface area (Å²) in [6.45, 7) is 8.62. The van der Waals surface area contributed by atoms with Gasteiger partial charge >= 0.3 is 6.18 Å². The molecular formula is C32H36F3N9OS. The summed E-state index contributed by atoms with van der Waals surface area (Å²) in [5.41, 5.74) is 9.82. The minimum atomic E-state index is -4.26. The van der Waals surface area contributed by atoms with Crippen molar-refractivity contribution in [2.24, 2.45) is 5.73 Å². The van der Waals surface area contributed by atoms with Crippen LogP contribution < -0.4 is 16.4 Å². The molecule has 4 N–H and O–H groups in total. The van der Waals surface area contributed by atoms with Gasteiger partial charge in [-0.3, -0.25) is 9.69 Å². The van der Waals surface area contributed by atoms with Crippen LogP contribution in [0.2, 0.25) is 0 Å². The molecule has 3 aromatic heterocycles. The van der Waals surface area contributed by atoms with Crippen LogP contribution in [-0.4, -0.2) is 74.7 Å². The van der Waals surface area contributed by atoms with E-state index in [9.17, 15) is 23.2 Å². The zero-order valence-electron chi connectivity index (χ0n) is 25.7. The smallest absolute Gasteiger partial charge is 0.378 e. The van der Waals surface area contributed by atoms with Gasteiger partial charge < -0.3 is 25.8 Å². The van der Waals surface area contributed by atoms with Crippen LogP contribution in [0.5, 0.6) is 0 Å². The predicted octanol–water partition coefficient (Wildman–Crippen LogP) is 4.63. The highest BCUT2D eigenvalue weighted by Crippen LogP contribution is 2.33. The first-order chi connectivity index (χ1) is 22.0. The van der Waals surface area contributed by atoms with Crippen molar-refractivity contribution in [2.45, 2.75) is 64.5 Å². The summed E-state index contributed by atoms with van der Waals surface area (Å²) in [5, 5.41) is 18.2. The lowest BCUT2D eigenvalue weighted by Gasteiger charge is -2.33. The number of carbonyl (C=O) groups is 1. The Bertz CT molecular complexity index is 1830. The van der Waals surface area contributed by atoms with Gasteiger partial charge in [-0.15, -0.1) is 11.3 Å². The van der Waals surface area contributed by atoms with E-state index in [2.05, 4.69) is 67.0 Å². The molecule has 1 atom stereocenters. The monoisotopic (exact) mass is 651 g/mol. The summed E-state index contributed by atoms with van der Waals surface area (Å²) in [6, 6.07) is 10.3. The highest BCUT2D eigenvalue weighted by molar-refractivity contribution is 7.18. The number of nitriles is 1. The number of amides is 1. The highest BCUT2D eigenvalue weighted by atomic mass is 32.1. The summed E-state index contributed by atoms with van der Waals surface area (Å²) in [6.07, 6.45) is -0.318. The minimum absolute atomic E-state index is 0.0363. The first kappa shape index (κ1) is 31.6. The maximum absolute atomic E-state index is 12.9. The van der Waals surface area contributed by atoms with Crippen molar-refractivity contribution in [3.8, 4) is 6.07 Å². The first-order valence-electron chi connectivity index (χ1n) is 15.3. The normalized spacial score (nSPS) is 17.1. The van der Waals surface area contributed by atoms with Crippen molar-refractivity contribution in [1.29, 1.82) is 5.26 Å². The summed E-state index contributed by atoms with van der Waals surface area (Å²) in [5.74, 6) is 0.0967. The Morgan fingerprint density at radius 2 is 2.00 bits per heavy atom. The average Bonchev–Trinajstić information content (AvgIpc) is 3.60. The largest absolute Gasteiger partial charge is 0.393 e. The molecule has 6 rings (SSSR count). The SMILES string of the molecule is Cc1c(CN2CCC(Nc3ncnc4sc(CC(F)(F)F)cc34)CC2)ccc2c1cc(C#N)n2C[C@H](C)N1C=C(C(N)=O)NCC1. The maximum Gasteiger partial charge on any atom is 0.393 e. The Hall–Kier alpha value is -4.35. The van der Waals surface area contributed by atoms with E-state index in [1.807, 2.05) is 6.07 Å². The van der Waals surface area contributed by atoms with Gasteiger partial charge in [-0.05, 0) is 56.0 Å². The Kier molecular flexibility index (Phi) is 8.80. The van der Waals surface area contributed by atoms with Crippen molar-refractivity contribution in [2.75, 3.05) is 31.5 Å². The minimum Gasteiger partial charge on any atom is -0.378 e. The number of aromatic nitrogens is 3. The molecule has 0 saturated carbocycles. The van der Waals surface area contributed by atoms with Gasteiger partial charge in [-0.2, -0.15) is 18.4 Å². The number of nitrogens with one attached hydrogen (secondary N) is 2. The van der Waals surface area contributed by atoms with Crippen LogP contribution in [0.1, 0.15) is 41.5 Å². The molecule has 2 aliphatic heterocycles. The third-order valence-electron chi connectivity index (χ3n) is 8.92. The van der Waals surface area contributed by atoms with E-state index in [1.165, 1.54) is 11.9 Å². The molecule has 242 valence electrons. The zero-order chi connectivity index (χ0) is 32.6. The molecule has 14 heteroatoms. The number of thiophene rings is 1. The number of anilines is 1. The molecule has 46 heavy (non-hydrogen) atoms. The summed E-state index contributed by atoms with van der Waals surface area (Å²) in [4.78, 5) is 25.5. The number of likely N-dealkylation sites (tertiary alicyclic amines) is 1. The van der Waals surface area contributed by atoms with Crippen molar-refractivity contribution in [3.05, 3.63) is 64.2 Å². The van der Waals surface area contributed by atoms with Crippen LogP contribution >= 0.6 is 11.3 Å². The summed E-state index contributed by atoms with van der Waals surface area (Å²) >= 11 is 1.06. The van der Waals surface area contributed by atoms with E-state index >= 15 is 0 Å². The Morgan fingerprint density at radius 3 is 2.72 bits per heavy atom. The number of nitrogens with two attached hydrogens (primary N) is 1. The Morgan fingerprint density at radius 1 is 1.22 bits per heavy atom. The van der Waals surface area contributed by atoms with Crippen molar-refractivity contribution in [3.63, 3.8) is 0 Å². The topological polar surface area (TPSA) is 128 Å². The molecular weight excluding hydrogens is 615 g/mol. The second-order valence-corrected chi connectivity index (χ2v) is 13.2. The molecule has 1 amide bonds. The number of nitrogens with zero attached hydrogens (tertiary/aromatic N) is 6. The van der Waals surface area contributed by atoms with E-state index in [0.717, 1.165) is 66.8 Å². The molecule has 0 unspecified atom stereocenters. The van der Waals surface area contributed by atoms with Gasteiger partial charge in [0, 0.05) is 73.3 Å². The number of piperidine rings is 1. The molecule has 0 spiro atoms. The van der Waals surface area contributed by atoms with Gasteiger partial charge in [-0.1, -0.05) is 6.07 Å². The summed E-state index contributed by atoms with van der Waals surface area (Å²) < 4.78 is 40.9. The summed E-state index contributed by atoms with van der Waals surface area (Å²) in [7, 11) is 0. The van der Waals surface area contributed by atoms with E-state index < -0.39 is 18.5 Å². The molecule has 0 radical (unpaired) electrons. The van der Waals surface area contributed by atoms with Gasteiger partial charge in [0.1, 0.15) is 34.4 Å². The van der Waals surface area contributed by atoms with E-state index in [0.29, 0.717) is 40.5 Å². The first-order valence-corrected chi connectivity index (χ1v) is 16.1. The lowest BCUT2D eigenvalue weighted by Crippen LogP contribution is -2.44. The zero-order valence-corrected chi connectivity index (χ0v) is 26.5. The second-order valence-electron chi connectivity index (χ2n) is 12.1. The third kappa shape index (κ3) is 6.75. The number of hydrogen-bond acceptors (Lipinski definition) is 9. The number of primary amides is 1. The molecule has 1 aromatic carbocycles. The Labute approximate surface area is 268 Å². The number of rotatable bonds is 9. The number of aryl methyl sites for hydroxylation is 1. The van der Waals surface area contributed by atoms with Gasteiger partial charge in [0.2, 0.25) is 0 Å². The van der Waals surface area contributed by atoms with Crippen molar-refractivity contribution < 1.29 is 18.0 Å². The van der Waals surface area contributed by atoms with E-state index in [-0.39, 0.29) is 17.0 Å². The maximum atomic E-state index is 12.9. The quantitative estimate of drug-likeness (QED) is 0.239. The Balaban J connectivity index is 1.11. The van der Waals surface area contributed by atoms with E-state index in [4.69, 9.17) is 5.73 Å². The number of fused-ring (bicyclic) bond motifs is 2. The molecule has 1 saturated heterocycles. The van der Waals surface area contributed by atoms with Gasteiger partial charge in [0.05, 0.1) is 11.8 Å². The van der Waals surface area contributed by atoms with Crippen LogP contribution in [0.15, 0.2) is 42.5 Å². The molecule has 1 fully saturated rings. The fourth-order valence-corrected chi connectivity index (χ4v) is 7.45. The lowest BCUT2D eigenvalue weighted by molar-refractivity contribution is -0.126. The second kappa shape index (κ2) is 12.8. The average molecular weight is 652 g/mol. The van der Waals surface area contributed by atoms with Gasteiger partial charge in [-0.25, -0.2) is 9.97 Å². The van der Waals surface area contributed by atoms with Crippen LogP contribution in [-0.2, 0) is 24.3 Å². The molecule has 0 bridgehead atoms. The predicted molar refractivity (Wildman–Crippen MR) is 172 cm³/mol. The fraction of sp³-hybridized carbons (Fsp3) is 0.438. The van der Waals surface area contributed by atoms with Crippen LogP contribution in [0.3, 0.4) is 0 Å². The number of halogens is 3. The molecule has 4 aromatic rings. The molecule has 10 nitrogen and oxygen atoms in total. The number of carbonyl (C=O) groups excluding carboxylic acids is 1. The molecule has 2 aliphatic rings. The number of hydrogen-bond donors (Lipinski definition) is 3. The highest BCUT2D eigenvalue weighted by Gasteiger charge is 2.29. The van der Waals surface area contributed by atoms with Crippen LogP contribution in [0, 0.1) is 18.3 Å². The molecule has 0 aliphatic carbocycles. The third-order valence-corrected chi connectivity index (χ3v) is 9.96. The number of alkyl halides is 3. The standard InChI is InChI=1S/C32H36F3N9OS/c1-19(43-10-7-38-27(17-43)29(37)45)15-44-23(14-36)11-25-20(2)21(3-4-28(25)44)16-42-8-5-22(6-9-42)41-30-26-12-24(13-32(33,34)35)46-31(26)40-18-39-30/h3-4,11-12,17-19,22,38H,5-10,13,15-16H2,1-2H3,(H2,37,45)(H,39,40,41)/t19-/m0/s1. The van der Waals surface area contributed by atoms with Crippen molar-refractivity contribution in [1.82, 2.24) is 29.7 Å². The van der Waals surface area contributed by atoms with Gasteiger partial charge in [0.25, 0.3) is 5.91 Å². The van der Waals surface area contributed by atoms with Crippen LogP contribution in [0.4, 0.5) is 19.0 Å².